The number of thiophene rings is 1. The molecule has 0 aliphatic rings. The van der Waals surface area contributed by atoms with Crippen LogP contribution in [0.5, 0.6) is 0 Å². The molecule has 92 valence electrons. The first kappa shape index (κ1) is 12.9. The Hall–Kier alpha value is -0.580. The van der Waals surface area contributed by atoms with Gasteiger partial charge in [-0.05, 0) is 46.6 Å². The van der Waals surface area contributed by atoms with Crippen molar-refractivity contribution in [1.29, 1.82) is 0 Å². The summed E-state index contributed by atoms with van der Waals surface area (Å²) in [5.41, 5.74) is 0. The lowest BCUT2D eigenvalue weighted by Gasteiger charge is -2.01. The van der Waals surface area contributed by atoms with E-state index in [9.17, 15) is 0 Å². The third kappa shape index (κ3) is 3.98. The highest BCUT2D eigenvalue weighted by Gasteiger charge is 2.00. The number of hydrogen-bond acceptors (Lipinski definition) is 3. The third-order valence-corrected chi connectivity index (χ3v) is 4.23. The first-order valence-corrected chi connectivity index (χ1v) is 7.41. The Labute approximate surface area is 114 Å². The fourth-order valence-corrected chi connectivity index (χ4v) is 3.10. The van der Waals surface area contributed by atoms with Gasteiger partial charge in [0, 0.05) is 17.8 Å². The SMILES string of the molecule is CCc1ccc(CNCCc2ccc(Br)s2)o1. The highest BCUT2D eigenvalue weighted by Crippen LogP contribution is 2.22. The molecule has 2 aromatic rings. The number of rotatable bonds is 6. The van der Waals surface area contributed by atoms with E-state index in [1.54, 1.807) is 11.3 Å². The van der Waals surface area contributed by atoms with Gasteiger partial charge in [-0.1, -0.05) is 6.92 Å². The highest BCUT2D eigenvalue weighted by atomic mass is 79.9. The van der Waals surface area contributed by atoms with E-state index in [2.05, 4.69) is 40.3 Å². The van der Waals surface area contributed by atoms with Crippen molar-refractivity contribution in [3.8, 4) is 0 Å². The third-order valence-electron chi connectivity index (χ3n) is 2.54. The molecule has 0 aromatic carbocycles. The van der Waals surface area contributed by atoms with Crippen LogP contribution in [0.3, 0.4) is 0 Å². The van der Waals surface area contributed by atoms with Crippen LogP contribution in [-0.4, -0.2) is 6.54 Å². The number of furan rings is 1. The van der Waals surface area contributed by atoms with E-state index in [-0.39, 0.29) is 0 Å². The molecule has 2 rings (SSSR count). The van der Waals surface area contributed by atoms with Gasteiger partial charge >= 0.3 is 0 Å². The van der Waals surface area contributed by atoms with Crippen LogP contribution in [0.25, 0.3) is 0 Å². The molecule has 0 aliphatic carbocycles. The van der Waals surface area contributed by atoms with Gasteiger partial charge in [0.1, 0.15) is 11.5 Å². The number of aryl methyl sites for hydroxylation is 1. The monoisotopic (exact) mass is 313 g/mol. The summed E-state index contributed by atoms with van der Waals surface area (Å²) in [6.07, 6.45) is 2.03. The maximum atomic E-state index is 5.62. The van der Waals surface area contributed by atoms with E-state index in [1.807, 2.05) is 12.1 Å². The van der Waals surface area contributed by atoms with Crippen LogP contribution in [-0.2, 0) is 19.4 Å². The molecular formula is C13H16BrNOS. The highest BCUT2D eigenvalue weighted by molar-refractivity contribution is 9.11. The topological polar surface area (TPSA) is 25.2 Å². The summed E-state index contributed by atoms with van der Waals surface area (Å²) in [5, 5.41) is 3.39. The van der Waals surface area contributed by atoms with E-state index in [1.165, 1.54) is 8.66 Å². The zero-order chi connectivity index (χ0) is 12.1. The van der Waals surface area contributed by atoms with Gasteiger partial charge in [0.15, 0.2) is 0 Å². The van der Waals surface area contributed by atoms with Crippen molar-refractivity contribution in [3.05, 3.63) is 44.4 Å². The van der Waals surface area contributed by atoms with Gasteiger partial charge in [-0.25, -0.2) is 0 Å². The summed E-state index contributed by atoms with van der Waals surface area (Å²) in [6.45, 7) is 3.90. The molecule has 0 atom stereocenters. The molecule has 0 spiro atoms. The standard InChI is InChI=1S/C13H16BrNOS/c1-2-10-3-4-11(16-10)9-15-8-7-12-5-6-13(14)17-12/h3-6,15H,2,7-9H2,1H3. The van der Waals surface area contributed by atoms with Crippen LogP contribution in [0.4, 0.5) is 0 Å². The number of halogens is 1. The summed E-state index contributed by atoms with van der Waals surface area (Å²) in [5.74, 6) is 2.08. The van der Waals surface area contributed by atoms with Crippen LogP contribution < -0.4 is 5.32 Å². The molecular weight excluding hydrogens is 298 g/mol. The minimum Gasteiger partial charge on any atom is -0.465 e. The average Bonchev–Trinajstić information content (AvgIpc) is 2.93. The van der Waals surface area contributed by atoms with E-state index in [4.69, 9.17) is 4.42 Å². The lowest BCUT2D eigenvalue weighted by molar-refractivity contribution is 0.451. The summed E-state index contributed by atoms with van der Waals surface area (Å²) in [7, 11) is 0. The minimum atomic E-state index is 0.812. The molecule has 0 amide bonds. The number of nitrogens with one attached hydrogen (secondary N) is 1. The maximum absolute atomic E-state index is 5.62. The lowest BCUT2D eigenvalue weighted by atomic mass is 10.3. The molecule has 1 N–H and O–H groups in total. The first-order chi connectivity index (χ1) is 8.28. The average molecular weight is 314 g/mol. The van der Waals surface area contributed by atoms with Gasteiger partial charge in [-0.15, -0.1) is 11.3 Å². The van der Waals surface area contributed by atoms with Gasteiger partial charge in [0.2, 0.25) is 0 Å². The zero-order valence-electron chi connectivity index (χ0n) is 9.83. The van der Waals surface area contributed by atoms with Crippen molar-refractivity contribution < 1.29 is 4.42 Å². The summed E-state index contributed by atoms with van der Waals surface area (Å²) < 4.78 is 6.82. The summed E-state index contributed by atoms with van der Waals surface area (Å²) >= 11 is 5.27. The Kier molecular flexibility index (Phi) is 4.83. The smallest absolute Gasteiger partial charge is 0.117 e. The summed E-state index contributed by atoms with van der Waals surface area (Å²) in [4.78, 5) is 1.40. The van der Waals surface area contributed by atoms with Crippen molar-refractivity contribution in [2.75, 3.05) is 6.54 Å². The molecule has 0 bridgehead atoms. The van der Waals surface area contributed by atoms with E-state index >= 15 is 0 Å². The van der Waals surface area contributed by atoms with Gasteiger partial charge < -0.3 is 9.73 Å². The fourth-order valence-electron chi connectivity index (χ4n) is 1.62. The maximum Gasteiger partial charge on any atom is 0.117 e. The van der Waals surface area contributed by atoms with Crippen LogP contribution in [0.1, 0.15) is 23.3 Å². The normalized spacial score (nSPS) is 10.9. The van der Waals surface area contributed by atoms with Crippen LogP contribution >= 0.6 is 27.3 Å². The molecule has 2 nitrogen and oxygen atoms in total. The molecule has 0 fully saturated rings. The Morgan fingerprint density at radius 3 is 2.71 bits per heavy atom. The molecule has 2 aromatic heterocycles. The van der Waals surface area contributed by atoms with Gasteiger partial charge in [0.05, 0.1) is 10.3 Å². The second kappa shape index (κ2) is 6.38. The Bertz CT molecular complexity index is 463. The van der Waals surface area contributed by atoms with E-state index < -0.39 is 0 Å². The van der Waals surface area contributed by atoms with Gasteiger partial charge in [-0.3, -0.25) is 0 Å². The van der Waals surface area contributed by atoms with Crippen LogP contribution in [0, 0.1) is 0 Å². The predicted octanol–water partition coefficient (Wildman–Crippen LogP) is 4.00. The predicted molar refractivity (Wildman–Crippen MR) is 75.5 cm³/mol. The number of hydrogen-bond donors (Lipinski definition) is 1. The molecule has 17 heavy (non-hydrogen) atoms. The largest absolute Gasteiger partial charge is 0.465 e. The quantitative estimate of drug-likeness (QED) is 0.815. The van der Waals surface area contributed by atoms with Crippen molar-refractivity contribution in [2.24, 2.45) is 0 Å². The van der Waals surface area contributed by atoms with Crippen molar-refractivity contribution in [3.63, 3.8) is 0 Å². The summed E-state index contributed by atoms with van der Waals surface area (Å²) in [6, 6.07) is 8.36. The zero-order valence-corrected chi connectivity index (χ0v) is 12.2. The lowest BCUT2D eigenvalue weighted by Crippen LogP contribution is -2.15. The van der Waals surface area contributed by atoms with E-state index in [0.29, 0.717) is 0 Å². The van der Waals surface area contributed by atoms with Crippen LogP contribution in [0.15, 0.2) is 32.5 Å². The van der Waals surface area contributed by atoms with Crippen molar-refractivity contribution in [1.82, 2.24) is 5.32 Å². The fraction of sp³-hybridized carbons (Fsp3) is 0.385. The second-order valence-electron chi connectivity index (χ2n) is 3.85. The Morgan fingerprint density at radius 2 is 2.06 bits per heavy atom. The van der Waals surface area contributed by atoms with Crippen LogP contribution in [0.2, 0.25) is 0 Å². The minimum absolute atomic E-state index is 0.812. The second-order valence-corrected chi connectivity index (χ2v) is 6.40. The molecule has 0 unspecified atom stereocenters. The Morgan fingerprint density at radius 1 is 1.24 bits per heavy atom. The molecule has 0 saturated carbocycles. The van der Waals surface area contributed by atoms with E-state index in [0.717, 1.165) is 37.5 Å². The van der Waals surface area contributed by atoms with Gasteiger partial charge in [-0.2, -0.15) is 0 Å². The molecule has 2 heterocycles. The first-order valence-electron chi connectivity index (χ1n) is 5.80. The van der Waals surface area contributed by atoms with Crippen molar-refractivity contribution >= 4 is 27.3 Å². The molecule has 0 radical (unpaired) electrons. The molecule has 0 aliphatic heterocycles. The molecule has 0 saturated heterocycles. The molecule has 4 heteroatoms. The Balaban J connectivity index is 1.69. The van der Waals surface area contributed by atoms with Crippen molar-refractivity contribution in [2.45, 2.75) is 26.3 Å². The van der Waals surface area contributed by atoms with Gasteiger partial charge in [0.25, 0.3) is 0 Å².